The Morgan fingerprint density at radius 1 is 1.12 bits per heavy atom. The second-order valence-corrected chi connectivity index (χ2v) is 6.40. The van der Waals surface area contributed by atoms with Crippen LogP contribution in [0.25, 0.3) is 0 Å². The third kappa shape index (κ3) is 5.01. The summed E-state index contributed by atoms with van der Waals surface area (Å²) >= 11 is 12.0. The van der Waals surface area contributed by atoms with E-state index in [1.165, 1.54) is 0 Å². The van der Waals surface area contributed by atoms with E-state index in [0.29, 0.717) is 34.7 Å². The maximum absolute atomic E-state index is 12.1. The molecule has 1 heterocycles. The molecule has 2 aromatic carbocycles. The third-order valence-electron chi connectivity index (χ3n) is 3.78. The van der Waals surface area contributed by atoms with Crippen molar-refractivity contribution in [2.45, 2.75) is 0 Å². The minimum atomic E-state index is -0.282. The van der Waals surface area contributed by atoms with Gasteiger partial charge in [0.25, 0.3) is 5.91 Å². The molecule has 1 saturated heterocycles. The molecule has 1 aliphatic rings. The van der Waals surface area contributed by atoms with Crippen LogP contribution in [-0.4, -0.2) is 38.8 Å². The van der Waals surface area contributed by atoms with Crippen molar-refractivity contribution in [2.75, 3.05) is 43.1 Å². The lowest BCUT2D eigenvalue weighted by atomic mass is 10.2. The van der Waals surface area contributed by atoms with Crippen LogP contribution in [0.2, 0.25) is 10.0 Å². The summed E-state index contributed by atoms with van der Waals surface area (Å²) < 4.78 is 10.8. The molecule has 0 unspecified atom stereocenters. The van der Waals surface area contributed by atoms with E-state index in [-0.39, 0.29) is 12.5 Å². The Labute approximate surface area is 156 Å². The van der Waals surface area contributed by atoms with E-state index >= 15 is 0 Å². The molecular formula is C18H18Cl2N2O3. The fourth-order valence-corrected chi connectivity index (χ4v) is 2.78. The highest BCUT2D eigenvalue weighted by molar-refractivity contribution is 6.33. The van der Waals surface area contributed by atoms with Gasteiger partial charge in [0, 0.05) is 23.8 Å². The molecule has 5 nitrogen and oxygen atoms in total. The number of carbonyl (C=O) groups is 1. The Bertz CT molecular complexity index is 732. The molecule has 132 valence electrons. The van der Waals surface area contributed by atoms with Crippen molar-refractivity contribution in [3.8, 4) is 5.75 Å². The van der Waals surface area contributed by atoms with Gasteiger partial charge in [0.05, 0.1) is 23.9 Å². The van der Waals surface area contributed by atoms with Crippen LogP contribution in [0.15, 0.2) is 42.5 Å². The van der Waals surface area contributed by atoms with E-state index in [9.17, 15) is 4.79 Å². The van der Waals surface area contributed by atoms with E-state index < -0.39 is 0 Å². The van der Waals surface area contributed by atoms with Crippen LogP contribution in [0, 0.1) is 0 Å². The van der Waals surface area contributed by atoms with Crippen LogP contribution in [-0.2, 0) is 9.53 Å². The lowest BCUT2D eigenvalue weighted by Crippen LogP contribution is -2.36. The molecule has 7 heteroatoms. The number of hydrogen-bond donors (Lipinski definition) is 1. The Hall–Kier alpha value is -1.95. The minimum absolute atomic E-state index is 0.111. The van der Waals surface area contributed by atoms with Crippen molar-refractivity contribution in [1.29, 1.82) is 0 Å². The molecule has 25 heavy (non-hydrogen) atoms. The van der Waals surface area contributed by atoms with Crippen LogP contribution in [0.3, 0.4) is 0 Å². The molecule has 1 fully saturated rings. The standard InChI is InChI=1S/C18H18Cl2N2O3/c19-13-1-4-15(5-2-13)25-12-18(23)21-17-11-14(3-6-16(17)20)22-7-9-24-10-8-22/h1-6,11H,7-10,12H2,(H,21,23). The molecule has 0 aliphatic carbocycles. The first-order valence-corrected chi connectivity index (χ1v) is 8.68. The fraction of sp³-hybridized carbons (Fsp3) is 0.278. The fourth-order valence-electron chi connectivity index (χ4n) is 2.49. The number of nitrogens with zero attached hydrogens (tertiary/aromatic N) is 1. The molecule has 2 aromatic rings. The Morgan fingerprint density at radius 3 is 2.56 bits per heavy atom. The topological polar surface area (TPSA) is 50.8 Å². The van der Waals surface area contributed by atoms with E-state index in [4.69, 9.17) is 32.7 Å². The molecule has 0 spiro atoms. The smallest absolute Gasteiger partial charge is 0.262 e. The summed E-state index contributed by atoms with van der Waals surface area (Å²) in [5.41, 5.74) is 1.57. The zero-order valence-corrected chi connectivity index (χ0v) is 15.0. The summed E-state index contributed by atoms with van der Waals surface area (Å²) in [7, 11) is 0. The van der Waals surface area contributed by atoms with Crippen LogP contribution < -0.4 is 15.0 Å². The van der Waals surface area contributed by atoms with Crippen molar-refractivity contribution in [3.63, 3.8) is 0 Å². The van der Waals surface area contributed by atoms with Gasteiger partial charge in [-0.2, -0.15) is 0 Å². The van der Waals surface area contributed by atoms with Crippen LogP contribution in [0.4, 0.5) is 11.4 Å². The quantitative estimate of drug-likeness (QED) is 0.855. The van der Waals surface area contributed by atoms with Gasteiger partial charge in [-0.3, -0.25) is 4.79 Å². The lowest BCUT2D eigenvalue weighted by Gasteiger charge is -2.29. The number of ether oxygens (including phenoxy) is 2. The van der Waals surface area contributed by atoms with Gasteiger partial charge >= 0.3 is 0 Å². The van der Waals surface area contributed by atoms with Gasteiger partial charge in [0.2, 0.25) is 0 Å². The summed E-state index contributed by atoms with van der Waals surface area (Å²) in [5, 5.41) is 3.89. The van der Waals surface area contributed by atoms with E-state index in [1.807, 2.05) is 12.1 Å². The maximum atomic E-state index is 12.1. The zero-order chi connectivity index (χ0) is 17.6. The Kier molecular flexibility index (Phi) is 6.02. The number of benzene rings is 2. The Morgan fingerprint density at radius 2 is 1.84 bits per heavy atom. The predicted molar refractivity (Wildman–Crippen MR) is 100 cm³/mol. The van der Waals surface area contributed by atoms with Gasteiger partial charge in [-0.1, -0.05) is 23.2 Å². The van der Waals surface area contributed by atoms with Gasteiger partial charge < -0.3 is 19.7 Å². The number of amides is 1. The summed E-state index contributed by atoms with van der Waals surface area (Å²) in [6.45, 7) is 2.90. The summed E-state index contributed by atoms with van der Waals surface area (Å²) in [6.07, 6.45) is 0. The summed E-state index contributed by atoms with van der Waals surface area (Å²) in [4.78, 5) is 14.3. The molecular weight excluding hydrogens is 363 g/mol. The number of anilines is 2. The number of rotatable bonds is 5. The highest BCUT2D eigenvalue weighted by Gasteiger charge is 2.14. The molecule has 0 bridgehead atoms. The molecule has 0 radical (unpaired) electrons. The average molecular weight is 381 g/mol. The van der Waals surface area contributed by atoms with E-state index in [1.54, 1.807) is 30.3 Å². The van der Waals surface area contributed by atoms with Crippen molar-refractivity contribution in [3.05, 3.63) is 52.5 Å². The van der Waals surface area contributed by atoms with Crippen molar-refractivity contribution < 1.29 is 14.3 Å². The second-order valence-electron chi connectivity index (χ2n) is 5.55. The van der Waals surface area contributed by atoms with Gasteiger partial charge in [-0.05, 0) is 42.5 Å². The number of morpholine rings is 1. The maximum Gasteiger partial charge on any atom is 0.262 e. The average Bonchev–Trinajstić information content (AvgIpc) is 2.64. The highest BCUT2D eigenvalue weighted by atomic mass is 35.5. The Balaban J connectivity index is 1.60. The largest absolute Gasteiger partial charge is 0.484 e. The molecule has 3 rings (SSSR count). The predicted octanol–water partition coefficient (Wildman–Crippen LogP) is 3.85. The van der Waals surface area contributed by atoms with Gasteiger partial charge in [-0.25, -0.2) is 0 Å². The first kappa shape index (κ1) is 17.9. The first-order chi connectivity index (χ1) is 12.1. The second kappa shape index (κ2) is 8.43. The van der Waals surface area contributed by atoms with E-state index in [0.717, 1.165) is 18.8 Å². The van der Waals surface area contributed by atoms with Crippen LogP contribution >= 0.6 is 23.2 Å². The minimum Gasteiger partial charge on any atom is -0.484 e. The highest BCUT2D eigenvalue weighted by Crippen LogP contribution is 2.28. The van der Waals surface area contributed by atoms with Crippen LogP contribution in [0.5, 0.6) is 5.75 Å². The molecule has 0 atom stereocenters. The number of halogens is 2. The SMILES string of the molecule is O=C(COc1ccc(Cl)cc1)Nc1cc(N2CCOCC2)ccc1Cl. The normalized spacial score (nSPS) is 14.2. The lowest BCUT2D eigenvalue weighted by molar-refractivity contribution is -0.118. The molecule has 0 saturated carbocycles. The van der Waals surface area contributed by atoms with Crippen LogP contribution in [0.1, 0.15) is 0 Å². The zero-order valence-electron chi connectivity index (χ0n) is 13.5. The van der Waals surface area contributed by atoms with Crippen molar-refractivity contribution >= 4 is 40.5 Å². The number of nitrogens with one attached hydrogen (secondary N) is 1. The first-order valence-electron chi connectivity index (χ1n) is 7.92. The molecule has 1 aliphatic heterocycles. The van der Waals surface area contributed by atoms with Crippen molar-refractivity contribution in [1.82, 2.24) is 0 Å². The van der Waals surface area contributed by atoms with Crippen molar-refractivity contribution in [2.24, 2.45) is 0 Å². The van der Waals surface area contributed by atoms with E-state index in [2.05, 4.69) is 10.2 Å². The third-order valence-corrected chi connectivity index (χ3v) is 4.37. The molecule has 1 N–H and O–H groups in total. The monoisotopic (exact) mass is 380 g/mol. The molecule has 1 amide bonds. The molecule has 0 aromatic heterocycles. The summed E-state index contributed by atoms with van der Waals surface area (Å²) in [6, 6.07) is 12.4. The number of carbonyl (C=O) groups excluding carboxylic acids is 1. The van der Waals surface area contributed by atoms with Gasteiger partial charge in [0.15, 0.2) is 6.61 Å². The number of hydrogen-bond acceptors (Lipinski definition) is 4. The van der Waals surface area contributed by atoms with Gasteiger partial charge in [-0.15, -0.1) is 0 Å². The van der Waals surface area contributed by atoms with Gasteiger partial charge in [0.1, 0.15) is 5.75 Å². The summed E-state index contributed by atoms with van der Waals surface area (Å²) in [5.74, 6) is 0.295.